The summed E-state index contributed by atoms with van der Waals surface area (Å²) in [5.41, 5.74) is 2.96. The molecule has 0 spiro atoms. The topological polar surface area (TPSA) is 12.0 Å². The second-order valence-corrected chi connectivity index (χ2v) is 4.99. The van der Waals surface area contributed by atoms with Gasteiger partial charge in [0.05, 0.1) is 0 Å². The van der Waals surface area contributed by atoms with Crippen LogP contribution in [0.5, 0.6) is 0 Å². The highest BCUT2D eigenvalue weighted by molar-refractivity contribution is 5.30. The predicted octanol–water partition coefficient (Wildman–Crippen LogP) is 3.62. The molecule has 0 bridgehead atoms. The monoisotopic (exact) mass is 203 g/mol. The van der Waals surface area contributed by atoms with Crippen molar-refractivity contribution in [2.24, 2.45) is 0 Å². The maximum Gasteiger partial charge on any atom is 0.0294 e. The van der Waals surface area contributed by atoms with Crippen molar-refractivity contribution in [1.29, 1.82) is 0 Å². The van der Waals surface area contributed by atoms with E-state index in [1.807, 2.05) is 0 Å². The second-order valence-electron chi connectivity index (χ2n) is 4.99. The molecule has 2 rings (SSSR count). The van der Waals surface area contributed by atoms with Gasteiger partial charge in [-0.1, -0.05) is 38.1 Å². The molecule has 0 radical (unpaired) electrons. The SMILES string of the molecule is CC(C)N[C@H](C)c1cccc(C2CC2)c1. The molecule has 1 atom stereocenters. The lowest BCUT2D eigenvalue weighted by molar-refractivity contribution is 0.506. The molecule has 0 amide bonds. The van der Waals surface area contributed by atoms with Crippen molar-refractivity contribution in [2.45, 2.75) is 51.6 Å². The molecule has 1 aliphatic rings. The van der Waals surface area contributed by atoms with Crippen LogP contribution >= 0.6 is 0 Å². The summed E-state index contributed by atoms with van der Waals surface area (Å²) in [6, 6.07) is 10.1. The minimum absolute atomic E-state index is 0.462. The van der Waals surface area contributed by atoms with Crippen LogP contribution in [0.15, 0.2) is 24.3 Å². The van der Waals surface area contributed by atoms with Crippen molar-refractivity contribution in [2.75, 3.05) is 0 Å². The normalized spacial score (nSPS) is 18.1. The molecular formula is C14H21N. The predicted molar refractivity (Wildman–Crippen MR) is 65.1 cm³/mol. The van der Waals surface area contributed by atoms with E-state index in [9.17, 15) is 0 Å². The van der Waals surface area contributed by atoms with E-state index in [4.69, 9.17) is 0 Å². The molecular weight excluding hydrogens is 182 g/mol. The van der Waals surface area contributed by atoms with Crippen LogP contribution in [-0.2, 0) is 0 Å². The summed E-state index contributed by atoms with van der Waals surface area (Å²) < 4.78 is 0. The highest BCUT2D eigenvalue weighted by atomic mass is 14.9. The third-order valence-electron chi connectivity index (χ3n) is 3.04. The summed E-state index contributed by atoms with van der Waals surface area (Å²) in [5, 5.41) is 3.55. The van der Waals surface area contributed by atoms with E-state index in [0.29, 0.717) is 12.1 Å². The first-order chi connectivity index (χ1) is 7.16. The van der Waals surface area contributed by atoms with Crippen LogP contribution in [0.2, 0.25) is 0 Å². The molecule has 1 aromatic rings. The van der Waals surface area contributed by atoms with Gasteiger partial charge in [0.1, 0.15) is 0 Å². The highest BCUT2D eigenvalue weighted by Gasteiger charge is 2.23. The molecule has 0 unspecified atom stereocenters. The number of nitrogens with one attached hydrogen (secondary N) is 1. The Morgan fingerprint density at radius 2 is 1.93 bits per heavy atom. The Kier molecular flexibility index (Phi) is 3.11. The van der Waals surface area contributed by atoms with Crippen molar-refractivity contribution >= 4 is 0 Å². The van der Waals surface area contributed by atoms with Crippen LogP contribution < -0.4 is 5.32 Å². The fourth-order valence-corrected chi connectivity index (χ4v) is 2.10. The quantitative estimate of drug-likeness (QED) is 0.788. The standard InChI is InChI=1S/C14H21N/c1-10(2)15-11(3)13-5-4-6-14(9-13)12-7-8-12/h4-6,9-12,15H,7-8H2,1-3H3/t11-/m1/s1. The first-order valence-corrected chi connectivity index (χ1v) is 6.02. The first-order valence-electron chi connectivity index (χ1n) is 6.02. The molecule has 15 heavy (non-hydrogen) atoms. The summed E-state index contributed by atoms with van der Waals surface area (Å²) in [7, 11) is 0. The summed E-state index contributed by atoms with van der Waals surface area (Å²) in [6.45, 7) is 6.63. The summed E-state index contributed by atoms with van der Waals surface area (Å²) in [6.07, 6.45) is 2.77. The van der Waals surface area contributed by atoms with Crippen LogP contribution in [0.4, 0.5) is 0 Å². The lowest BCUT2D eigenvalue weighted by Gasteiger charge is -2.17. The van der Waals surface area contributed by atoms with Gasteiger partial charge in [-0.05, 0) is 36.8 Å². The number of hydrogen-bond donors (Lipinski definition) is 1. The van der Waals surface area contributed by atoms with Crippen molar-refractivity contribution in [1.82, 2.24) is 5.32 Å². The maximum absolute atomic E-state index is 3.55. The van der Waals surface area contributed by atoms with E-state index in [2.05, 4.69) is 50.4 Å². The van der Waals surface area contributed by atoms with Crippen molar-refractivity contribution in [3.05, 3.63) is 35.4 Å². The molecule has 0 saturated heterocycles. The van der Waals surface area contributed by atoms with Crippen molar-refractivity contribution in [3.63, 3.8) is 0 Å². The Morgan fingerprint density at radius 3 is 2.53 bits per heavy atom. The van der Waals surface area contributed by atoms with Crippen molar-refractivity contribution < 1.29 is 0 Å². The van der Waals surface area contributed by atoms with Gasteiger partial charge in [-0.15, -0.1) is 0 Å². The molecule has 1 fully saturated rings. The third-order valence-corrected chi connectivity index (χ3v) is 3.04. The number of hydrogen-bond acceptors (Lipinski definition) is 1. The van der Waals surface area contributed by atoms with Gasteiger partial charge in [0.15, 0.2) is 0 Å². The van der Waals surface area contributed by atoms with Gasteiger partial charge < -0.3 is 5.32 Å². The van der Waals surface area contributed by atoms with Crippen molar-refractivity contribution in [3.8, 4) is 0 Å². The largest absolute Gasteiger partial charge is 0.308 e. The number of benzene rings is 1. The van der Waals surface area contributed by atoms with E-state index in [-0.39, 0.29) is 0 Å². The van der Waals surface area contributed by atoms with Crippen LogP contribution in [0.25, 0.3) is 0 Å². The Morgan fingerprint density at radius 1 is 1.20 bits per heavy atom. The summed E-state index contributed by atoms with van der Waals surface area (Å²) in [4.78, 5) is 0. The lowest BCUT2D eigenvalue weighted by atomic mass is 10.0. The third kappa shape index (κ3) is 2.82. The average molecular weight is 203 g/mol. The zero-order valence-electron chi connectivity index (χ0n) is 9.96. The maximum atomic E-state index is 3.55. The van der Waals surface area contributed by atoms with E-state index in [1.165, 1.54) is 24.0 Å². The Hall–Kier alpha value is -0.820. The minimum Gasteiger partial charge on any atom is -0.308 e. The van der Waals surface area contributed by atoms with Gasteiger partial charge in [0.25, 0.3) is 0 Å². The molecule has 82 valence electrons. The molecule has 0 aromatic heterocycles. The van der Waals surface area contributed by atoms with Crippen LogP contribution in [0.1, 0.15) is 56.7 Å². The summed E-state index contributed by atoms with van der Waals surface area (Å²) >= 11 is 0. The average Bonchev–Trinajstić information content (AvgIpc) is 3.00. The second kappa shape index (κ2) is 4.36. The summed E-state index contributed by atoms with van der Waals surface area (Å²) in [5.74, 6) is 0.858. The molecule has 0 aliphatic heterocycles. The van der Waals surface area contributed by atoms with Gasteiger partial charge in [-0.25, -0.2) is 0 Å². The van der Waals surface area contributed by atoms with Gasteiger partial charge in [-0.2, -0.15) is 0 Å². The van der Waals surface area contributed by atoms with E-state index >= 15 is 0 Å². The minimum atomic E-state index is 0.462. The molecule has 1 N–H and O–H groups in total. The number of rotatable bonds is 4. The molecule has 1 aliphatic carbocycles. The highest BCUT2D eigenvalue weighted by Crippen LogP contribution is 2.40. The van der Waals surface area contributed by atoms with Crippen LogP contribution in [0, 0.1) is 0 Å². The van der Waals surface area contributed by atoms with Crippen LogP contribution in [0.3, 0.4) is 0 Å². The molecule has 1 aromatic carbocycles. The Labute approximate surface area is 92.9 Å². The molecule has 1 nitrogen and oxygen atoms in total. The molecule has 1 heteroatoms. The Bertz CT molecular complexity index is 326. The fraction of sp³-hybridized carbons (Fsp3) is 0.571. The molecule has 0 heterocycles. The van der Waals surface area contributed by atoms with Gasteiger partial charge in [-0.3, -0.25) is 0 Å². The van der Waals surface area contributed by atoms with Gasteiger partial charge in [0.2, 0.25) is 0 Å². The zero-order chi connectivity index (χ0) is 10.8. The van der Waals surface area contributed by atoms with Gasteiger partial charge in [0, 0.05) is 12.1 Å². The van der Waals surface area contributed by atoms with Crippen LogP contribution in [-0.4, -0.2) is 6.04 Å². The van der Waals surface area contributed by atoms with E-state index < -0.39 is 0 Å². The fourth-order valence-electron chi connectivity index (χ4n) is 2.10. The smallest absolute Gasteiger partial charge is 0.0294 e. The lowest BCUT2D eigenvalue weighted by Crippen LogP contribution is -2.26. The van der Waals surface area contributed by atoms with Gasteiger partial charge >= 0.3 is 0 Å². The Balaban J connectivity index is 2.09. The van der Waals surface area contributed by atoms with E-state index in [1.54, 1.807) is 0 Å². The van der Waals surface area contributed by atoms with E-state index in [0.717, 1.165) is 5.92 Å². The first kappa shape index (κ1) is 10.7. The zero-order valence-corrected chi connectivity index (χ0v) is 9.96. The molecule has 1 saturated carbocycles.